The van der Waals surface area contributed by atoms with Crippen LogP contribution in [-0.2, 0) is 25.3 Å². The van der Waals surface area contributed by atoms with E-state index in [1.54, 1.807) is 30.3 Å². The summed E-state index contributed by atoms with van der Waals surface area (Å²) in [6, 6.07) is 12.2. The van der Waals surface area contributed by atoms with Crippen LogP contribution in [0.4, 0.5) is 5.69 Å². The van der Waals surface area contributed by atoms with Crippen molar-refractivity contribution in [3.63, 3.8) is 0 Å². The second kappa shape index (κ2) is 9.93. The van der Waals surface area contributed by atoms with E-state index < -0.39 is 16.0 Å². The summed E-state index contributed by atoms with van der Waals surface area (Å²) in [4.78, 5) is 24.5. The van der Waals surface area contributed by atoms with Gasteiger partial charge < -0.3 is 10.1 Å². The fourth-order valence-electron chi connectivity index (χ4n) is 3.51. The molecule has 2 aromatic carbocycles. The molecule has 0 saturated carbocycles. The Hall–Kier alpha value is -2.23. The third-order valence-corrected chi connectivity index (χ3v) is 7.78. The third kappa shape index (κ3) is 5.93. The van der Waals surface area contributed by atoms with Gasteiger partial charge in [-0.1, -0.05) is 34.1 Å². The highest BCUT2D eigenvalue weighted by Gasteiger charge is 2.31. The van der Waals surface area contributed by atoms with Gasteiger partial charge in [-0.25, -0.2) is 17.5 Å². The average Bonchev–Trinajstić information content (AvgIpc) is 2.76. The van der Waals surface area contributed by atoms with E-state index in [0.717, 1.165) is 15.6 Å². The number of esters is 1. The Morgan fingerprint density at radius 3 is 2.39 bits per heavy atom. The maximum atomic E-state index is 12.8. The van der Waals surface area contributed by atoms with Crippen LogP contribution in [0.25, 0.3) is 0 Å². The molecule has 0 aromatic heterocycles. The molecule has 1 aliphatic heterocycles. The zero-order valence-corrected chi connectivity index (χ0v) is 19.8. The van der Waals surface area contributed by atoms with Crippen molar-refractivity contribution in [3.05, 3.63) is 63.6 Å². The topological polar surface area (TPSA) is 92.8 Å². The lowest BCUT2D eigenvalue weighted by Gasteiger charge is -2.30. The Kier molecular flexibility index (Phi) is 7.51. The Labute approximate surface area is 191 Å². The van der Waals surface area contributed by atoms with Gasteiger partial charge in [-0.15, -0.1) is 0 Å². The molecule has 166 valence electrons. The van der Waals surface area contributed by atoms with Crippen molar-refractivity contribution in [1.29, 1.82) is 0 Å². The molecule has 0 aliphatic carbocycles. The van der Waals surface area contributed by atoms with E-state index in [9.17, 15) is 18.0 Å². The number of nitrogens with zero attached hydrogens (tertiary/aromatic N) is 1. The summed E-state index contributed by atoms with van der Waals surface area (Å²) in [5.41, 5.74) is 2.47. The second-order valence-corrected chi connectivity index (χ2v) is 10.5. The number of piperidine rings is 1. The second-order valence-electron chi connectivity index (χ2n) is 7.57. The molecule has 9 heteroatoms. The number of hydrogen-bond acceptors (Lipinski definition) is 5. The van der Waals surface area contributed by atoms with Crippen LogP contribution in [-0.4, -0.2) is 44.8 Å². The van der Waals surface area contributed by atoms with Gasteiger partial charge in [0.2, 0.25) is 15.9 Å². The molecule has 0 unspecified atom stereocenters. The first-order valence-corrected chi connectivity index (χ1v) is 12.3. The molecule has 0 atom stereocenters. The molecule has 0 bridgehead atoms. The van der Waals surface area contributed by atoms with E-state index in [4.69, 9.17) is 4.74 Å². The molecule has 1 heterocycles. The van der Waals surface area contributed by atoms with E-state index in [-0.39, 0.29) is 17.6 Å². The molecule has 1 aliphatic rings. The number of ether oxygens (including phenoxy) is 1. The maximum absolute atomic E-state index is 12.8. The van der Waals surface area contributed by atoms with Crippen LogP contribution in [0.5, 0.6) is 0 Å². The quantitative estimate of drug-likeness (QED) is 0.600. The van der Waals surface area contributed by atoms with Crippen molar-refractivity contribution >= 4 is 43.5 Å². The average molecular weight is 509 g/mol. The van der Waals surface area contributed by atoms with Crippen LogP contribution < -0.4 is 5.32 Å². The third-order valence-electron chi connectivity index (χ3n) is 5.40. The molecular weight excluding hydrogens is 484 g/mol. The van der Waals surface area contributed by atoms with E-state index in [1.807, 2.05) is 19.1 Å². The van der Waals surface area contributed by atoms with Gasteiger partial charge in [0.1, 0.15) is 0 Å². The van der Waals surface area contributed by atoms with Crippen LogP contribution in [0, 0.1) is 12.8 Å². The summed E-state index contributed by atoms with van der Waals surface area (Å²) in [5.74, 6) is -0.994. The molecule has 0 radical (unpaired) electrons. The van der Waals surface area contributed by atoms with E-state index in [0.29, 0.717) is 37.2 Å². The van der Waals surface area contributed by atoms with E-state index >= 15 is 0 Å². The lowest BCUT2D eigenvalue weighted by atomic mass is 9.97. The van der Waals surface area contributed by atoms with Crippen molar-refractivity contribution < 1.29 is 22.7 Å². The summed E-state index contributed by atoms with van der Waals surface area (Å²) in [5, 5.41) is 2.88. The lowest BCUT2D eigenvalue weighted by molar-refractivity contribution is -0.120. The molecule has 31 heavy (non-hydrogen) atoms. The standard InChI is InChI=1S/C22H25BrN2O5S/c1-15-3-6-18(22(27)30-2)13-20(15)24-21(26)17-9-11-25(12-10-17)31(28,29)14-16-4-7-19(23)8-5-16/h3-8,13,17H,9-12,14H2,1-2H3,(H,24,26). The predicted octanol–water partition coefficient (Wildman–Crippen LogP) is 3.72. The number of aryl methyl sites for hydroxylation is 1. The van der Waals surface area contributed by atoms with Crippen LogP contribution in [0.3, 0.4) is 0 Å². The summed E-state index contributed by atoms with van der Waals surface area (Å²) < 4.78 is 32.6. The Morgan fingerprint density at radius 2 is 1.77 bits per heavy atom. The zero-order chi connectivity index (χ0) is 22.6. The first kappa shape index (κ1) is 23.4. The monoisotopic (exact) mass is 508 g/mol. The number of hydrogen-bond donors (Lipinski definition) is 1. The number of carbonyl (C=O) groups excluding carboxylic acids is 2. The van der Waals surface area contributed by atoms with Crippen LogP contribution in [0.2, 0.25) is 0 Å². The Bertz CT molecular complexity index is 1060. The first-order valence-electron chi connectivity index (χ1n) is 9.91. The number of sulfonamides is 1. The number of nitrogens with one attached hydrogen (secondary N) is 1. The van der Waals surface area contributed by atoms with Gasteiger partial charge in [0, 0.05) is 29.2 Å². The fraction of sp³-hybridized carbons (Fsp3) is 0.364. The number of anilines is 1. The van der Waals surface area contributed by atoms with Crippen molar-refractivity contribution in [2.75, 3.05) is 25.5 Å². The maximum Gasteiger partial charge on any atom is 0.337 e. The lowest BCUT2D eigenvalue weighted by Crippen LogP contribution is -2.41. The highest BCUT2D eigenvalue weighted by molar-refractivity contribution is 9.10. The van der Waals surface area contributed by atoms with E-state index in [1.165, 1.54) is 11.4 Å². The minimum absolute atomic E-state index is 0.0589. The van der Waals surface area contributed by atoms with Crippen LogP contribution in [0.1, 0.15) is 34.3 Å². The van der Waals surface area contributed by atoms with Gasteiger partial charge in [-0.3, -0.25) is 4.79 Å². The molecule has 7 nitrogen and oxygen atoms in total. The SMILES string of the molecule is COC(=O)c1ccc(C)c(NC(=O)C2CCN(S(=O)(=O)Cc3ccc(Br)cc3)CC2)c1. The van der Waals surface area contributed by atoms with Gasteiger partial charge in [-0.05, 0) is 55.2 Å². The fourth-order valence-corrected chi connectivity index (χ4v) is 5.34. The van der Waals surface area contributed by atoms with Crippen molar-refractivity contribution in [2.45, 2.75) is 25.5 Å². The summed E-state index contributed by atoms with van der Waals surface area (Å²) in [6.45, 7) is 2.45. The number of benzene rings is 2. The molecule has 3 rings (SSSR count). The normalized spacial score (nSPS) is 15.5. The molecular formula is C22H25BrN2O5S. The molecule has 1 N–H and O–H groups in total. The highest BCUT2D eigenvalue weighted by Crippen LogP contribution is 2.25. The highest BCUT2D eigenvalue weighted by atomic mass is 79.9. The summed E-state index contributed by atoms with van der Waals surface area (Å²) in [6.07, 6.45) is 0.891. The van der Waals surface area contributed by atoms with Crippen LogP contribution in [0.15, 0.2) is 46.9 Å². The van der Waals surface area contributed by atoms with Crippen molar-refractivity contribution in [1.82, 2.24) is 4.31 Å². The predicted molar refractivity (Wildman–Crippen MR) is 122 cm³/mol. The number of halogens is 1. The van der Waals surface area contributed by atoms with Gasteiger partial charge in [0.25, 0.3) is 0 Å². The van der Waals surface area contributed by atoms with Gasteiger partial charge >= 0.3 is 5.97 Å². The molecule has 1 amide bonds. The Balaban J connectivity index is 1.59. The zero-order valence-electron chi connectivity index (χ0n) is 17.4. The minimum Gasteiger partial charge on any atom is -0.465 e. The van der Waals surface area contributed by atoms with Gasteiger partial charge in [-0.2, -0.15) is 0 Å². The minimum atomic E-state index is -3.45. The number of amides is 1. The van der Waals surface area contributed by atoms with E-state index in [2.05, 4.69) is 21.2 Å². The number of methoxy groups -OCH3 is 1. The van der Waals surface area contributed by atoms with Gasteiger partial charge in [0.05, 0.1) is 18.4 Å². The molecule has 1 saturated heterocycles. The number of rotatable bonds is 6. The number of carbonyl (C=O) groups is 2. The Morgan fingerprint density at radius 1 is 1.13 bits per heavy atom. The first-order chi connectivity index (χ1) is 14.7. The van der Waals surface area contributed by atoms with Gasteiger partial charge in [0.15, 0.2) is 0 Å². The smallest absolute Gasteiger partial charge is 0.337 e. The molecule has 1 fully saturated rings. The summed E-state index contributed by atoms with van der Waals surface area (Å²) >= 11 is 3.34. The largest absolute Gasteiger partial charge is 0.465 e. The summed E-state index contributed by atoms with van der Waals surface area (Å²) in [7, 11) is -2.14. The van der Waals surface area contributed by atoms with Crippen LogP contribution >= 0.6 is 15.9 Å². The molecule has 2 aromatic rings. The van der Waals surface area contributed by atoms with Crippen molar-refractivity contribution in [2.24, 2.45) is 5.92 Å². The van der Waals surface area contributed by atoms with Crippen molar-refractivity contribution in [3.8, 4) is 0 Å². The molecule has 0 spiro atoms.